The number of hydrogen-bond acceptors (Lipinski definition) is 7. The smallest absolute Gasteiger partial charge is 0.306 e. The van der Waals surface area contributed by atoms with Crippen molar-refractivity contribution in [2.45, 2.75) is 83.4 Å². The van der Waals surface area contributed by atoms with E-state index in [2.05, 4.69) is 34.0 Å². The Bertz CT molecular complexity index is 798. The maximum Gasteiger partial charge on any atom is 0.306 e. The van der Waals surface area contributed by atoms with Crippen molar-refractivity contribution in [2.24, 2.45) is 5.92 Å². The number of hydrogen-bond donors (Lipinski definition) is 3. The van der Waals surface area contributed by atoms with E-state index in [9.17, 15) is 24.3 Å². The van der Waals surface area contributed by atoms with E-state index in [4.69, 9.17) is 0 Å². The predicted octanol–water partition coefficient (Wildman–Crippen LogP) is 2.29. The zero-order valence-corrected chi connectivity index (χ0v) is 21.2. The third-order valence-corrected chi connectivity index (χ3v) is 5.66. The number of carbonyl (C=O) groups is 4. The van der Waals surface area contributed by atoms with Crippen molar-refractivity contribution < 1.29 is 33.8 Å². The molecule has 0 aliphatic carbocycles. The van der Waals surface area contributed by atoms with E-state index in [0.717, 1.165) is 12.0 Å². The molecule has 0 bridgehead atoms. The summed E-state index contributed by atoms with van der Waals surface area (Å²) in [6, 6.07) is 8.51. The van der Waals surface area contributed by atoms with Crippen LogP contribution in [0.15, 0.2) is 30.3 Å². The first-order chi connectivity index (χ1) is 16.6. The predicted molar refractivity (Wildman–Crippen MR) is 131 cm³/mol. The number of aliphatic hydroxyl groups is 1. The van der Waals surface area contributed by atoms with Gasteiger partial charge in [-0.25, -0.2) is 0 Å². The van der Waals surface area contributed by atoms with E-state index in [-0.39, 0.29) is 50.0 Å². The number of esters is 2. The van der Waals surface area contributed by atoms with Gasteiger partial charge in [0.1, 0.15) is 0 Å². The lowest BCUT2D eigenvalue weighted by Gasteiger charge is -2.29. The zero-order chi connectivity index (χ0) is 26.2. The Balaban J connectivity index is 2.89. The molecule has 1 aromatic carbocycles. The Hall–Kier alpha value is -2.94. The number of benzene rings is 1. The molecule has 3 unspecified atom stereocenters. The van der Waals surface area contributed by atoms with Gasteiger partial charge >= 0.3 is 11.9 Å². The summed E-state index contributed by atoms with van der Waals surface area (Å²) in [7, 11) is 2.54. The molecule has 2 amide bonds. The van der Waals surface area contributed by atoms with Crippen molar-refractivity contribution in [1.29, 1.82) is 0 Å². The van der Waals surface area contributed by atoms with Crippen LogP contribution in [0.3, 0.4) is 0 Å². The minimum Gasteiger partial charge on any atom is -0.469 e. The fourth-order valence-corrected chi connectivity index (χ4v) is 3.60. The second-order valence-corrected chi connectivity index (χ2v) is 9.05. The van der Waals surface area contributed by atoms with Gasteiger partial charge in [0, 0.05) is 18.9 Å². The van der Waals surface area contributed by atoms with Crippen LogP contribution < -0.4 is 10.6 Å². The third-order valence-electron chi connectivity index (χ3n) is 5.66. The fraction of sp³-hybridized carbons (Fsp3) is 0.615. The second kappa shape index (κ2) is 16.6. The second-order valence-electron chi connectivity index (χ2n) is 9.05. The van der Waals surface area contributed by atoms with Crippen LogP contribution in [0.2, 0.25) is 0 Å². The summed E-state index contributed by atoms with van der Waals surface area (Å²) in [4.78, 5) is 47.6. The molecular weight excluding hydrogens is 452 g/mol. The maximum atomic E-state index is 12.5. The van der Waals surface area contributed by atoms with Crippen LogP contribution >= 0.6 is 0 Å². The van der Waals surface area contributed by atoms with Crippen molar-refractivity contribution in [3.63, 3.8) is 0 Å². The van der Waals surface area contributed by atoms with Gasteiger partial charge in [-0.1, -0.05) is 44.2 Å². The summed E-state index contributed by atoms with van der Waals surface area (Å²) in [5, 5.41) is 16.9. The molecule has 0 heterocycles. The molecule has 0 radical (unpaired) electrons. The third kappa shape index (κ3) is 13.5. The van der Waals surface area contributed by atoms with Gasteiger partial charge in [0.05, 0.1) is 39.2 Å². The monoisotopic (exact) mass is 492 g/mol. The Morgan fingerprint density at radius 1 is 0.829 bits per heavy atom. The molecule has 3 N–H and O–H groups in total. The van der Waals surface area contributed by atoms with Gasteiger partial charge in [0.15, 0.2) is 0 Å². The van der Waals surface area contributed by atoms with Gasteiger partial charge in [0.2, 0.25) is 11.8 Å². The molecule has 0 saturated carbocycles. The standard InChI is InChI=1S/C26H40N2O7/c1-18(2)10-11-20(27-23(30)12-14-25(32)34-3)17-22(29)21(16-19-8-6-5-7-9-19)28-24(31)13-15-26(33)35-4/h5-9,18,20-22,29H,10-17H2,1-4H3,(H,27,30)(H,28,31). The zero-order valence-electron chi connectivity index (χ0n) is 21.2. The van der Waals surface area contributed by atoms with Crippen LogP contribution in [0, 0.1) is 5.92 Å². The van der Waals surface area contributed by atoms with E-state index in [0.29, 0.717) is 18.8 Å². The molecule has 1 aromatic rings. The molecule has 35 heavy (non-hydrogen) atoms. The van der Waals surface area contributed by atoms with Crippen LogP contribution in [-0.4, -0.2) is 61.3 Å². The van der Waals surface area contributed by atoms with Crippen molar-refractivity contribution >= 4 is 23.8 Å². The Morgan fingerprint density at radius 2 is 1.37 bits per heavy atom. The fourth-order valence-electron chi connectivity index (χ4n) is 3.60. The minimum atomic E-state index is -0.949. The average molecular weight is 493 g/mol. The van der Waals surface area contributed by atoms with Crippen molar-refractivity contribution in [2.75, 3.05) is 14.2 Å². The highest BCUT2D eigenvalue weighted by atomic mass is 16.5. The summed E-state index contributed by atoms with van der Waals surface area (Å²) in [5.41, 5.74) is 0.936. The number of aliphatic hydroxyl groups excluding tert-OH is 1. The van der Waals surface area contributed by atoms with Crippen molar-refractivity contribution in [1.82, 2.24) is 10.6 Å². The van der Waals surface area contributed by atoms with E-state index in [1.807, 2.05) is 30.3 Å². The highest BCUT2D eigenvalue weighted by Gasteiger charge is 2.26. The number of rotatable bonds is 16. The molecule has 1 rings (SSSR count). The quantitative estimate of drug-likeness (QED) is 0.302. The normalized spacial score (nSPS) is 13.4. The van der Waals surface area contributed by atoms with Gasteiger partial charge in [-0.15, -0.1) is 0 Å². The maximum absolute atomic E-state index is 12.5. The first-order valence-electron chi connectivity index (χ1n) is 12.1. The summed E-state index contributed by atoms with van der Waals surface area (Å²) in [5.74, 6) is -1.20. The molecule has 0 aliphatic heterocycles. The number of carbonyl (C=O) groups excluding carboxylic acids is 4. The van der Waals surface area contributed by atoms with Crippen molar-refractivity contribution in [3.8, 4) is 0 Å². The molecule has 3 atom stereocenters. The molecule has 0 aliphatic rings. The Morgan fingerprint density at radius 3 is 1.89 bits per heavy atom. The van der Waals surface area contributed by atoms with Crippen LogP contribution in [-0.2, 0) is 35.1 Å². The lowest BCUT2D eigenvalue weighted by atomic mass is 9.93. The highest BCUT2D eigenvalue weighted by molar-refractivity contribution is 5.82. The van der Waals surface area contributed by atoms with Crippen LogP contribution in [0.25, 0.3) is 0 Å². The first kappa shape index (κ1) is 30.1. The largest absolute Gasteiger partial charge is 0.469 e. The van der Waals surface area contributed by atoms with Gasteiger partial charge in [0.25, 0.3) is 0 Å². The SMILES string of the molecule is COC(=O)CCC(=O)NC(CCC(C)C)CC(O)C(Cc1ccccc1)NC(=O)CCC(=O)OC. The van der Waals surface area contributed by atoms with E-state index in [1.165, 1.54) is 14.2 Å². The van der Waals surface area contributed by atoms with Gasteiger partial charge < -0.3 is 25.2 Å². The molecule has 0 fully saturated rings. The molecule has 0 saturated heterocycles. The topological polar surface area (TPSA) is 131 Å². The lowest BCUT2D eigenvalue weighted by Crippen LogP contribution is -2.48. The number of ether oxygens (including phenoxy) is 2. The highest BCUT2D eigenvalue weighted by Crippen LogP contribution is 2.16. The van der Waals surface area contributed by atoms with E-state index in [1.54, 1.807) is 0 Å². The summed E-state index contributed by atoms with van der Waals surface area (Å²) in [6.45, 7) is 4.15. The van der Waals surface area contributed by atoms with Crippen LogP contribution in [0.4, 0.5) is 0 Å². The minimum absolute atomic E-state index is 0.00133. The molecule has 9 nitrogen and oxygen atoms in total. The molecular formula is C26H40N2O7. The number of nitrogens with one attached hydrogen (secondary N) is 2. The van der Waals surface area contributed by atoms with Crippen LogP contribution in [0.1, 0.15) is 64.4 Å². The number of amides is 2. The van der Waals surface area contributed by atoms with E-state index >= 15 is 0 Å². The average Bonchev–Trinajstić information content (AvgIpc) is 2.84. The summed E-state index contributed by atoms with van der Waals surface area (Å²) < 4.78 is 9.18. The summed E-state index contributed by atoms with van der Waals surface area (Å²) >= 11 is 0. The van der Waals surface area contributed by atoms with Crippen molar-refractivity contribution in [3.05, 3.63) is 35.9 Å². The van der Waals surface area contributed by atoms with Crippen LogP contribution in [0.5, 0.6) is 0 Å². The first-order valence-corrected chi connectivity index (χ1v) is 12.1. The van der Waals surface area contributed by atoms with Gasteiger partial charge in [-0.3, -0.25) is 19.2 Å². The lowest BCUT2D eigenvalue weighted by molar-refractivity contribution is -0.142. The molecule has 196 valence electrons. The van der Waals surface area contributed by atoms with Gasteiger partial charge in [-0.2, -0.15) is 0 Å². The van der Waals surface area contributed by atoms with Gasteiger partial charge in [-0.05, 0) is 37.2 Å². The molecule has 0 spiro atoms. The Kier molecular flexibility index (Phi) is 14.3. The Labute approximate surface area is 207 Å². The summed E-state index contributed by atoms with van der Waals surface area (Å²) in [6.07, 6.45) is 1.03. The number of methoxy groups -OCH3 is 2. The van der Waals surface area contributed by atoms with E-state index < -0.39 is 24.1 Å². The molecule has 0 aromatic heterocycles. The molecule has 9 heteroatoms.